The number of nitrogens with one attached hydrogen (secondary N) is 1. The summed E-state index contributed by atoms with van der Waals surface area (Å²) >= 11 is 0. The molecule has 0 fully saturated rings. The first-order valence-corrected chi connectivity index (χ1v) is 5.69. The molecule has 112 valence electrons. The molecule has 0 bridgehead atoms. The Balaban J connectivity index is 3.02. The number of ether oxygens (including phenoxy) is 1. The number of rotatable bonds is 4. The summed E-state index contributed by atoms with van der Waals surface area (Å²) in [6.07, 6.45) is -4.91. The number of carbonyl (C=O) groups excluding carboxylic acids is 1. The monoisotopic (exact) mass is 294 g/mol. The van der Waals surface area contributed by atoms with E-state index >= 15 is 0 Å². The van der Waals surface area contributed by atoms with Crippen LogP contribution >= 0.6 is 0 Å². The highest BCUT2D eigenvalue weighted by Gasteiger charge is 2.54. The van der Waals surface area contributed by atoms with Crippen LogP contribution in [0.25, 0.3) is 0 Å². The van der Waals surface area contributed by atoms with E-state index in [1.807, 2.05) is 5.32 Å². The molecule has 8 heteroatoms. The van der Waals surface area contributed by atoms with Crippen LogP contribution in [-0.2, 0) is 4.79 Å². The Kier molecular flexibility index (Phi) is 4.59. The molecule has 20 heavy (non-hydrogen) atoms. The van der Waals surface area contributed by atoms with Crippen LogP contribution in [0.2, 0.25) is 0 Å². The quantitative estimate of drug-likeness (QED) is 0.838. The molecule has 0 aliphatic carbocycles. The highest BCUT2D eigenvalue weighted by molar-refractivity contribution is 5.99. The smallest absolute Gasteiger partial charge is 0.415 e. The Hall–Kier alpha value is -1.83. The summed E-state index contributed by atoms with van der Waals surface area (Å²) in [5.74, 6) is -2.17. The summed E-state index contributed by atoms with van der Waals surface area (Å²) in [6.45, 7) is 2.32. The molecule has 1 aromatic carbocycles. The van der Waals surface area contributed by atoms with Gasteiger partial charge in [-0.2, -0.15) is 13.2 Å². The first kappa shape index (κ1) is 16.2. The molecule has 0 radical (unpaired) electrons. The number of anilines is 1. The van der Waals surface area contributed by atoms with Crippen molar-refractivity contribution in [3.8, 4) is 5.75 Å². The van der Waals surface area contributed by atoms with Crippen molar-refractivity contribution in [1.82, 2.24) is 0 Å². The van der Waals surface area contributed by atoms with E-state index < -0.39 is 23.4 Å². The minimum Gasteiger partial charge on any atom is -0.492 e. The SMILES string of the molecule is CCOc1cc(F)ccc1NC(=O)C(C)(N)C(F)(F)F. The zero-order valence-electron chi connectivity index (χ0n) is 10.8. The highest BCUT2D eigenvalue weighted by Crippen LogP contribution is 2.31. The fraction of sp³-hybridized carbons (Fsp3) is 0.417. The second kappa shape index (κ2) is 5.66. The fourth-order valence-corrected chi connectivity index (χ4v) is 1.26. The molecule has 1 rings (SSSR count). The van der Waals surface area contributed by atoms with E-state index in [0.29, 0.717) is 6.92 Å². The standard InChI is InChI=1S/C12H14F4N2O2/c1-3-20-9-6-7(13)4-5-8(9)18-10(19)11(2,17)12(14,15)16/h4-6H,3,17H2,1-2H3,(H,18,19). The van der Waals surface area contributed by atoms with Gasteiger partial charge in [-0.05, 0) is 26.0 Å². The summed E-state index contributed by atoms with van der Waals surface area (Å²) in [4.78, 5) is 11.6. The Morgan fingerprint density at radius 1 is 1.40 bits per heavy atom. The Labute approximate surface area is 112 Å². The lowest BCUT2D eigenvalue weighted by atomic mass is 10.0. The lowest BCUT2D eigenvalue weighted by molar-refractivity contribution is -0.184. The molecule has 0 saturated carbocycles. The lowest BCUT2D eigenvalue weighted by Crippen LogP contribution is -2.59. The van der Waals surface area contributed by atoms with Gasteiger partial charge in [-0.1, -0.05) is 0 Å². The van der Waals surface area contributed by atoms with Crippen molar-refractivity contribution in [2.24, 2.45) is 5.73 Å². The maximum Gasteiger partial charge on any atom is 0.415 e. The molecule has 0 saturated heterocycles. The maximum atomic E-state index is 13.0. The summed E-state index contributed by atoms with van der Waals surface area (Å²) in [5, 5.41) is 1.99. The Bertz CT molecular complexity index is 501. The molecule has 1 amide bonds. The van der Waals surface area contributed by atoms with Gasteiger partial charge >= 0.3 is 6.18 Å². The van der Waals surface area contributed by atoms with E-state index in [4.69, 9.17) is 10.5 Å². The topological polar surface area (TPSA) is 64.3 Å². The average molecular weight is 294 g/mol. The van der Waals surface area contributed by atoms with Gasteiger partial charge in [0.1, 0.15) is 11.6 Å². The van der Waals surface area contributed by atoms with E-state index in [0.717, 1.165) is 18.2 Å². The van der Waals surface area contributed by atoms with Gasteiger partial charge < -0.3 is 15.8 Å². The normalized spacial score (nSPS) is 14.6. The van der Waals surface area contributed by atoms with Crippen LogP contribution in [0.5, 0.6) is 5.75 Å². The average Bonchev–Trinajstić information content (AvgIpc) is 2.31. The third-order valence-electron chi connectivity index (χ3n) is 2.55. The minimum atomic E-state index is -4.91. The number of hydrogen-bond acceptors (Lipinski definition) is 3. The van der Waals surface area contributed by atoms with Crippen LogP contribution in [0.15, 0.2) is 18.2 Å². The van der Waals surface area contributed by atoms with Crippen molar-refractivity contribution < 1.29 is 27.1 Å². The Morgan fingerprint density at radius 2 is 2.00 bits per heavy atom. The predicted octanol–water partition coefficient (Wildman–Crippen LogP) is 2.44. The Morgan fingerprint density at radius 3 is 2.50 bits per heavy atom. The lowest BCUT2D eigenvalue weighted by Gasteiger charge is -2.26. The van der Waals surface area contributed by atoms with Crippen LogP contribution in [0.3, 0.4) is 0 Å². The van der Waals surface area contributed by atoms with E-state index in [1.165, 1.54) is 0 Å². The number of benzene rings is 1. The first-order chi connectivity index (χ1) is 9.09. The predicted molar refractivity (Wildman–Crippen MR) is 64.8 cm³/mol. The number of amides is 1. The number of hydrogen-bond donors (Lipinski definition) is 2. The van der Waals surface area contributed by atoms with Gasteiger partial charge in [0, 0.05) is 6.07 Å². The molecule has 0 aliphatic rings. The van der Waals surface area contributed by atoms with Crippen LogP contribution in [0.1, 0.15) is 13.8 Å². The van der Waals surface area contributed by atoms with Crippen LogP contribution in [0, 0.1) is 5.82 Å². The van der Waals surface area contributed by atoms with Crippen molar-refractivity contribution >= 4 is 11.6 Å². The van der Waals surface area contributed by atoms with Gasteiger partial charge in [-0.3, -0.25) is 4.79 Å². The maximum absolute atomic E-state index is 13.0. The van der Waals surface area contributed by atoms with E-state index in [9.17, 15) is 22.4 Å². The van der Waals surface area contributed by atoms with Gasteiger partial charge in [0.05, 0.1) is 12.3 Å². The summed E-state index contributed by atoms with van der Waals surface area (Å²) in [6, 6.07) is 3.05. The molecule has 1 aromatic rings. The number of nitrogens with two attached hydrogens (primary N) is 1. The second-order valence-electron chi connectivity index (χ2n) is 4.23. The van der Waals surface area contributed by atoms with Crippen molar-refractivity contribution in [2.45, 2.75) is 25.6 Å². The highest BCUT2D eigenvalue weighted by atomic mass is 19.4. The van der Waals surface area contributed by atoms with Crippen molar-refractivity contribution in [2.75, 3.05) is 11.9 Å². The molecule has 0 spiro atoms. The van der Waals surface area contributed by atoms with Crippen molar-refractivity contribution in [3.63, 3.8) is 0 Å². The van der Waals surface area contributed by atoms with E-state index in [2.05, 4.69) is 0 Å². The number of carbonyl (C=O) groups is 1. The molecule has 0 aromatic heterocycles. The molecule has 1 unspecified atom stereocenters. The van der Waals surface area contributed by atoms with Gasteiger partial charge in [-0.25, -0.2) is 4.39 Å². The zero-order chi connectivity index (χ0) is 15.6. The third-order valence-corrected chi connectivity index (χ3v) is 2.55. The molecule has 3 N–H and O–H groups in total. The molecule has 1 atom stereocenters. The molecule has 0 heterocycles. The van der Waals surface area contributed by atoms with Crippen LogP contribution in [-0.4, -0.2) is 24.2 Å². The summed E-state index contributed by atoms with van der Waals surface area (Å²) in [5.41, 5.74) is 1.84. The van der Waals surface area contributed by atoms with Gasteiger partial charge in [0.15, 0.2) is 5.54 Å². The zero-order valence-corrected chi connectivity index (χ0v) is 10.8. The summed E-state index contributed by atoms with van der Waals surface area (Å²) < 4.78 is 55.9. The molecular formula is C12H14F4N2O2. The van der Waals surface area contributed by atoms with Gasteiger partial charge in [0.25, 0.3) is 5.91 Å². The molecular weight excluding hydrogens is 280 g/mol. The van der Waals surface area contributed by atoms with Gasteiger partial charge in [0.2, 0.25) is 0 Å². The van der Waals surface area contributed by atoms with Crippen molar-refractivity contribution in [1.29, 1.82) is 0 Å². The first-order valence-electron chi connectivity index (χ1n) is 5.69. The number of alkyl halides is 3. The van der Waals surface area contributed by atoms with Crippen LogP contribution < -0.4 is 15.8 Å². The fourth-order valence-electron chi connectivity index (χ4n) is 1.26. The summed E-state index contributed by atoms with van der Waals surface area (Å²) in [7, 11) is 0. The van der Waals surface area contributed by atoms with E-state index in [1.54, 1.807) is 6.92 Å². The molecule has 0 aliphatic heterocycles. The third kappa shape index (κ3) is 3.38. The minimum absolute atomic E-state index is 0.0705. The van der Waals surface area contributed by atoms with Crippen LogP contribution in [0.4, 0.5) is 23.2 Å². The molecule has 4 nitrogen and oxygen atoms in total. The number of halogens is 4. The van der Waals surface area contributed by atoms with E-state index in [-0.39, 0.29) is 18.0 Å². The largest absolute Gasteiger partial charge is 0.492 e. The second-order valence-corrected chi connectivity index (χ2v) is 4.23. The van der Waals surface area contributed by atoms with Crippen molar-refractivity contribution in [3.05, 3.63) is 24.0 Å². The van der Waals surface area contributed by atoms with Gasteiger partial charge in [-0.15, -0.1) is 0 Å².